The van der Waals surface area contributed by atoms with Gasteiger partial charge in [0.25, 0.3) is 5.91 Å². The second kappa shape index (κ2) is 7.43. The number of nitrogens with one attached hydrogen (secondary N) is 1. The van der Waals surface area contributed by atoms with Crippen molar-refractivity contribution in [3.8, 4) is 5.75 Å². The zero-order chi connectivity index (χ0) is 15.1. The molecular formula is C17H18FNO2. The molecule has 0 aliphatic rings. The molecule has 1 amide bonds. The van der Waals surface area contributed by atoms with Crippen molar-refractivity contribution in [3.63, 3.8) is 0 Å². The second-order valence-corrected chi connectivity index (χ2v) is 4.86. The fraction of sp³-hybridized carbons (Fsp3) is 0.235. The summed E-state index contributed by atoms with van der Waals surface area (Å²) < 4.78 is 18.2. The molecule has 110 valence electrons. The molecule has 2 aromatic rings. The van der Waals surface area contributed by atoms with Crippen molar-refractivity contribution >= 4 is 5.91 Å². The van der Waals surface area contributed by atoms with Crippen LogP contribution in [0.1, 0.15) is 18.4 Å². The van der Waals surface area contributed by atoms with Crippen LogP contribution in [-0.4, -0.2) is 19.1 Å². The van der Waals surface area contributed by atoms with Gasteiger partial charge in [-0.15, -0.1) is 0 Å². The van der Waals surface area contributed by atoms with Crippen molar-refractivity contribution in [2.45, 2.75) is 12.8 Å². The Balaban J connectivity index is 1.75. The lowest BCUT2D eigenvalue weighted by Gasteiger charge is -2.13. The van der Waals surface area contributed by atoms with Gasteiger partial charge in [-0.25, -0.2) is 4.39 Å². The number of amides is 1. The SMILES string of the molecule is CC(CNC(=O)COc1cccc(F)c1)c1ccccc1. The highest BCUT2D eigenvalue weighted by atomic mass is 19.1. The Morgan fingerprint density at radius 3 is 2.67 bits per heavy atom. The molecular weight excluding hydrogens is 269 g/mol. The average molecular weight is 287 g/mol. The van der Waals surface area contributed by atoms with Crippen molar-refractivity contribution in [3.05, 3.63) is 66.0 Å². The molecule has 0 saturated heterocycles. The van der Waals surface area contributed by atoms with Crippen molar-refractivity contribution in [2.24, 2.45) is 0 Å². The van der Waals surface area contributed by atoms with Crippen LogP contribution in [0.15, 0.2) is 54.6 Å². The quantitative estimate of drug-likeness (QED) is 0.886. The van der Waals surface area contributed by atoms with Gasteiger partial charge in [0.05, 0.1) is 0 Å². The van der Waals surface area contributed by atoms with E-state index in [0.29, 0.717) is 12.3 Å². The number of hydrogen-bond acceptors (Lipinski definition) is 2. The van der Waals surface area contributed by atoms with Crippen LogP contribution in [0.5, 0.6) is 5.75 Å². The topological polar surface area (TPSA) is 38.3 Å². The maximum Gasteiger partial charge on any atom is 0.257 e. The van der Waals surface area contributed by atoms with Crippen molar-refractivity contribution < 1.29 is 13.9 Å². The summed E-state index contributed by atoms with van der Waals surface area (Å²) in [7, 11) is 0. The van der Waals surface area contributed by atoms with Gasteiger partial charge in [0, 0.05) is 12.6 Å². The Kier molecular flexibility index (Phi) is 5.32. The summed E-state index contributed by atoms with van der Waals surface area (Å²) in [5.74, 6) is -0.0294. The van der Waals surface area contributed by atoms with E-state index in [4.69, 9.17) is 4.74 Å². The molecule has 4 heteroatoms. The number of benzene rings is 2. The van der Waals surface area contributed by atoms with Gasteiger partial charge in [-0.1, -0.05) is 43.3 Å². The summed E-state index contributed by atoms with van der Waals surface area (Å²) in [5.41, 5.74) is 1.17. The monoisotopic (exact) mass is 287 g/mol. The van der Waals surface area contributed by atoms with Gasteiger partial charge in [-0.2, -0.15) is 0 Å². The summed E-state index contributed by atoms with van der Waals surface area (Å²) in [4.78, 5) is 11.7. The van der Waals surface area contributed by atoms with E-state index in [1.54, 1.807) is 12.1 Å². The normalized spacial score (nSPS) is 11.7. The van der Waals surface area contributed by atoms with Crippen molar-refractivity contribution in [1.29, 1.82) is 0 Å². The summed E-state index contributed by atoms with van der Waals surface area (Å²) in [6, 6.07) is 15.7. The zero-order valence-electron chi connectivity index (χ0n) is 11.9. The number of carbonyl (C=O) groups excluding carboxylic acids is 1. The van der Waals surface area contributed by atoms with Crippen LogP contribution in [0.25, 0.3) is 0 Å². The molecule has 0 heterocycles. The van der Waals surface area contributed by atoms with Crippen LogP contribution in [0.4, 0.5) is 4.39 Å². The molecule has 1 unspecified atom stereocenters. The van der Waals surface area contributed by atoms with E-state index in [9.17, 15) is 9.18 Å². The number of rotatable bonds is 6. The van der Waals surface area contributed by atoms with Gasteiger partial charge < -0.3 is 10.1 Å². The van der Waals surface area contributed by atoms with E-state index in [0.717, 1.165) is 0 Å². The maximum absolute atomic E-state index is 13.0. The van der Waals surface area contributed by atoms with Crippen LogP contribution in [0.2, 0.25) is 0 Å². The number of hydrogen-bond donors (Lipinski definition) is 1. The fourth-order valence-corrected chi connectivity index (χ4v) is 1.92. The number of carbonyl (C=O) groups is 1. The third kappa shape index (κ3) is 4.91. The lowest BCUT2D eigenvalue weighted by Crippen LogP contribution is -2.31. The third-order valence-corrected chi connectivity index (χ3v) is 3.14. The van der Waals surface area contributed by atoms with E-state index in [-0.39, 0.29) is 24.2 Å². The van der Waals surface area contributed by atoms with Gasteiger partial charge in [-0.05, 0) is 23.6 Å². The minimum atomic E-state index is -0.384. The van der Waals surface area contributed by atoms with E-state index >= 15 is 0 Å². The van der Waals surface area contributed by atoms with Crippen molar-refractivity contribution in [2.75, 3.05) is 13.2 Å². The van der Waals surface area contributed by atoms with Crippen LogP contribution < -0.4 is 10.1 Å². The smallest absolute Gasteiger partial charge is 0.257 e. The Labute approximate surface area is 123 Å². The highest BCUT2D eigenvalue weighted by Crippen LogP contribution is 2.13. The first-order valence-corrected chi connectivity index (χ1v) is 6.85. The van der Waals surface area contributed by atoms with Gasteiger partial charge in [0.15, 0.2) is 6.61 Å². The van der Waals surface area contributed by atoms with Gasteiger partial charge >= 0.3 is 0 Å². The highest BCUT2D eigenvalue weighted by molar-refractivity contribution is 5.77. The molecule has 0 aromatic heterocycles. The summed E-state index contributed by atoms with van der Waals surface area (Å²) in [6.07, 6.45) is 0. The van der Waals surface area contributed by atoms with E-state index in [1.165, 1.54) is 17.7 Å². The first-order valence-electron chi connectivity index (χ1n) is 6.85. The molecule has 0 spiro atoms. The molecule has 2 rings (SSSR count). The molecule has 3 nitrogen and oxygen atoms in total. The van der Waals surface area contributed by atoms with E-state index in [2.05, 4.69) is 5.32 Å². The van der Waals surface area contributed by atoms with Crippen LogP contribution in [-0.2, 0) is 4.79 Å². The lowest BCUT2D eigenvalue weighted by atomic mass is 10.0. The second-order valence-electron chi connectivity index (χ2n) is 4.86. The van der Waals surface area contributed by atoms with Gasteiger partial charge in [-0.3, -0.25) is 4.79 Å². The molecule has 0 radical (unpaired) electrons. The fourth-order valence-electron chi connectivity index (χ4n) is 1.92. The van der Waals surface area contributed by atoms with Crippen LogP contribution in [0, 0.1) is 5.82 Å². The Hall–Kier alpha value is -2.36. The molecule has 0 fully saturated rings. The van der Waals surface area contributed by atoms with E-state index < -0.39 is 0 Å². The predicted molar refractivity (Wildman–Crippen MR) is 79.8 cm³/mol. The molecule has 0 saturated carbocycles. The number of ether oxygens (including phenoxy) is 1. The van der Waals surface area contributed by atoms with Crippen LogP contribution in [0.3, 0.4) is 0 Å². The minimum Gasteiger partial charge on any atom is -0.484 e. The summed E-state index contributed by atoms with van der Waals surface area (Å²) >= 11 is 0. The Morgan fingerprint density at radius 1 is 1.19 bits per heavy atom. The lowest BCUT2D eigenvalue weighted by molar-refractivity contribution is -0.123. The first kappa shape index (κ1) is 15.0. The summed E-state index contributed by atoms with van der Waals surface area (Å²) in [6.45, 7) is 2.46. The maximum atomic E-state index is 13.0. The standard InChI is InChI=1S/C17H18FNO2/c1-13(14-6-3-2-4-7-14)11-19-17(20)12-21-16-9-5-8-15(18)10-16/h2-10,13H,11-12H2,1H3,(H,19,20). The molecule has 1 atom stereocenters. The van der Waals surface area contributed by atoms with Crippen molar-refractivity contribution in [1.82, 2.24) is 5.32 Å². The highest BCUT2D eigenvalue weighted by Gasteiger charge is 2.08. The largest absolute Gasteiger partial charge is 0.484 e. The minimum absolute atomic E-state index is 0.120. The molecule has 21 heavy (non-hydrogen) atoms. The Morgan fingerprint density at radius 2 is 1.95 bits per heavy atom. The molecule has 0 aliphatic carbocycles. The number of halogens is 1. The molecule has 1 N–H and O–H groups in total. The molecule has 2 aromatic carbocycles. The molecule has 0 aliphatic heterocycles. The first-order chi connectivity index (χ1) is 10.1. The Bertz CT molecular complexity index is 586. The molecule has 0 bridgehead atoms. The summed E-state index contributed by atoms with van der Waals surface area (Å²) in [5, 5.41) is 2.81. The zero-order valence-corrected chi connectivity index (χ0v) is 11.9. The third-order valence-electron chi connectivity index (χ3n) is 3.14. The van der Waals surface area contributed by atoms with Gasteiger partial charge in [0.1, 0.15) is 11.6 Å². The van der Waals surface area contributed by atoms with E-state index in [1.807, 2.05) is 37.3 Å². The van der Waals surface area contributed by atoms with Crippen LogP contribution >= 0.6 is 0 Å². The average Bonchev–Trinajstić information content (AvgIpc) is 2.51. The predicted octanol–water partition coefficient (Wildman–Crippen LogP) is 3.12. The van der Waals surface area contributed by atoms with Gasteiger partial charge in [0.2, 0.25) is 0 Å².